The molecule has 1 fully saturated rings. The van der Waals surface area contributed by atoms with Crippen LogP contribution in [0.1, 0.15) is 34.5 Å². The standard InChI is InChI=1S/C20H25ClN4O2/c1-12-5-3-7-15(9-12)19(26)24-16-8-4-6-14(10-16)13(2)27-20-18(22)23-11-17(21)25-20/h3-10,13,17-18,20,23,25H,11,22H2,1-2H3,(H,24,26). The molecule has 1 amide bonds. The van der Waals surface area contributed by atoms with E-state index < -0.39 is 6.23 Å². The van der Waals surface area contributed by atoms with Crippen LogP contribution in [-0.4, -0.2) is 30.3 Å². The number of rotatable bonds is 5. The molecule has 1 heterocycles. The Hall–Kier alpha value is -1.96. The number of aryl methyl sites for hydroxylation is 1. The van der Waals surface area contributed by atoms with E-state index in [1.165, 1.54) is 0 Å². The van der Waals surface area contributed by atoms with Crippen LogP contribution >= 0.6 is 11.6 Å². The first-order chi connectivity index (χ1) is 12.9. The van der Waals surface area contributed by atoms with Crippen molar-refractivity contribution in [1.82, 2.24) is 10.6 Å². The summed E-state index contributed by atoms with van der Waals surface area (Å²) >= 11 is 6.10. The summed E-state index contributed by atoms with van der Waals surface area (Å²) in [6, 6.07) is 15.1. The molecule has 0 aliphatic carbocycles. The maximum atomic E-state index is 12.5. The Morgan fingerprint density at radius 1 is 1.30 bits per heavy atom. The minimum atomic E-state index is -0.401. The molecule has 3 rings (SSSR count). The van der Waals surface area contributed by atoms with E-state index in [0.717, 1.165) is 11.1 Å². The summed E-state index contributed by atoms with van der Waals surface area (Å²) in [7, 11) is 0. The number of benzene rings is 2. The highest BCUT2D eigenvalue weighted by Gasteiger charge is 2.28. The molecule has 2 aromatic rings. The highest BCUT2D eigenvalue weighted by molar-refractivity contribution is 6.20. The van der Waals surface area contributed by atoms with Gasteiger partial charge in [0.1, 0.15) is 6.23 Å². The van der Waals surface area contributed by atoms with Crippen molar-refractivity contribution < 1.29 is 9.53 Å². The molecule has 0 aromatic heterocycles. The number of piperazine rings is 1. The van der Waals surface area contributed by atoms with E-state index in [-0.39, 0.29) is 23.7 Å². The van der Waals surface area contributed by atoms with E-state index in [4.69, 9.17) is 22.1 Å². The van der Waals surface area contributed by atoms with Crippen molar-refractivity contribution in [3.8, 4) is 0 Å². The van der Waals surface area contributed by atoms with Crippen LogP contribution in [0.3, 0.4) is 0 Å². The molecule has 0 saturated carbocycles. The maximum absolute atomic E-state index is 12.5. The number of amides is 1. The van der Waals surface area contributed by atoms with E-state index >= 15 is 0 Å². The van der Waals surface area contributed by atoms with Crippen molar-refractivity contribution in [1.29, 1.82) is 0 Å². The number of alkyl halides is 1. The SMILES string of the molecule is Cc1cccc(C(=O)Nc2cccc(C(C)OC3NC(Cl)CNC3N)c2)c1. The molecule has 7 heteroatoms. The van der Waals surface area contributed by atoms with Crippen LogP contribution in [-0.2, 0) is 4.74 Å². The van der Waals surface area contributed by atoms with E-state index in [9.17, 15) is 4.79 Å². The van der Waals surface area contributed by atoms with Crippen molar-refractivity contribution in [2.24, 2.45) is 5.73 Å². The van der Waals surface area contributed by atoms with Gasteiger partial charge in [-0.3, -0.25) is 15.4 Å². The quantitative estimate of drug-likeness (QED) is 0.467. The van der Waals surface area contributed by atoms with Crippen LogP contribution in [0, 0.1) is 6.92 Å². The molecule has 5 N–H and O–H groups in total. The van der Waals surface area contributed by atoms with Gasteiger partial charge >= 0.3 is 0 Å². The van der Waals surface area contributed by atoms with Gasteiger partial charge in [-0.1, -0.05) is 29.8 Å². The highest BCUT2D eigenvalue weighted by Crippen LogP contribution is 2.23. The smallest absolute Gasteiger partial charge is 0.255 e. The number of halogens is 1. The third kappa shape index (κ3) is 5.28. The summed E-state index contributed by atoms with van der Waals surface area (Å²) in [5.74, 6) is -0.144. The lowest BCUT2D eigenvalue weighted by Gasteiger charge is -2.35. The molecule has 0 bridgehead atoms. The third-order valence-electron chi connectivity index (χ3n) is 4.45. The Bertz CT molecular complexity index is 801. The minimum Gasteiger partial charge on any atom is -0.353 e. The second kappa shape index (κ2) is 8.82. The summed E-state index contributed by atoms with van der Waals surface area (Å²) in [5, 5.41) is 9.16. The van der Waals surface area contributed by atoms with Crippen molar-refractivity contribution in [3.05, 3.63) is 65.2 Å². The lowest BCUT2D eigenvalue weighted by molar-refractivity contribution is -0.0538. The topological polar surface area (TPSA) is 88.4 Å². The predicted molar refractivity (Wildman–Crippen MR) is 108 cm³/mol. The van der Waals surface area contributed by atoms with Gasteiger partial charge in [-0.05, 0) is 43.7 Å². The van der Waals surface area contributed by atoms with Crippen LogP contribution in [0.2, 0.25) is 0 Å². The van der Waals surface area contributed by atoms with Gasteiger partial charge in [0.2, 0.25) is 0 Å². The number of ether oxygens (including phenoxy) is 1. The zero-order valence-electron chi connectivity index (χ0n) is 15.4. The van der Waals surface area contributed by atoms with Crippen LogP contribution in [0.5, 0.6) is 0 Å². The first-order valence-electron chi connectivity index (χ1n) is 8.95. The maximum Gasteiger partial charge on any atom is 0.255 e. The molecule has 1 saturated heterocycles. The van der Waals surface area contributed by atoms with Gasteiger partial charge in [-0.15, -0.1) is 11.6 Å². The summed E-state index contributed by atoms with van der Waals surface area (Å²) in [6.45, 7) is 4.48. The largest absolute Gasteiger partial charge is 0.353 e. The lowest BCUT2D eigenvalue weighted by Crippen LogP contribution is -2.63. The number of nitrogens with one attached hydrogen (secondary N) is 3. The van der Waals surface area contributed by atoms with Crippen molar-refractivity contribution >= 4 is 23.2 Å². The Kier molecular flexibility index (Phi) is 6.46. The van der Waals surface area contributed by atoms with Crippen LogP contribution < -0.4 is 21.7 Å². The predicted octanol–water partition coefficient (Wildman–Crippen LogP) is 2.69. The molecular formula is C20H25ClN4O2. The molecule has 6 nitrogen and oxygen atoms in total. The molecule has 0 radical (unpaired) electrons. The summed E-state index contributed by atoms with van der Waals surface area (Å²) in [6.07, 6.45) is -0.971. The highest BCUT2D eigenvalue weighted by atomic mass is 35.5. The van der Waals surface area contributed by atoms with Gasteiger partial charge < -0.3 is 15.8 Å². The second-order valence-electron chi connectivity index (χ2n) is 6.72. The summed E-state index contributed by atoms with van der Waals surface area (Å²) in [5.41, 5.74) is 9.11. The van der Waals surface area contributed by atoms with Gasteiger partial charge in [-0.25, -0.2) is 0 Å². The van der Waals surface area contributed by atoms with Crippen LogP contribution in [0.15, 0.2) is 48.5 Å². The Balaban J connectivity index is 1.66. The number of hydrogen-bond acceptors (Lipinski definition) is 5. The average molecular weight is 389 g/mol. The molecule has 0 spiro atoms. The van der Waals surface area contributed by atoms with Crippen molar-refractivity contribution in [2.75, 3.05) is 11.9 Å². The number of carbonyl (C=O) groups excluding carboxylic acids is 1. The fourth-order valence-electron chi connectivity index (χ4n) is 2.97. The molecule has 144 valence electrons. The monoisotopic (exact) mass is 388 g/mol. The molecular weight excluding hydrogens is 364 g/mol. The normalized spacial score (nSPS) is 23.6. The zero-order valence-corrected chi connectivity index (χ0v) is 16.2. The number of nitrogens with two attached hydrogens (primary N) is 1. The van der Waals surface area contributed by atoms with E-state index in [0.29, 0.717) is 17.8 Å². The van der Waals surface area contributed by atoms with Gasteiger partial charge in [0.15, 0.2) is 0 Å². The van der Waals surface area contributed by atoms with Gasteiger partial charge in [-0.2, -0.15) is 0 Å². The molecule has 4 unspecified atom stereocenters. The minimum absolute atomic E-state index is 0.144. The fraction of sp³-hybridized carbons (Fsp3) is 0.350. The molecule has 2 aromatic carbocycles. The van der Waals surface area contributed by atoms with Gasteiger partial charge in [0.25, 0.3) is 5.91 Å². The molecule has 27 heavy (non-hydrogen) atoms. The number of hydrogen-bond donors (Lipinski definition) is 4. The van der Waals surface area contributed by atoms with Crippen LogP contribution in [0.25, 0.3) is 0 Å². The third-order valence-corrected chi connectivity index (χ3v) is 4.73. The average Bonchev–Trinajstić information content (AvgIpc) is 2.65. The molecule has 1 aliphatic rings. The second-order valence-corrected chi connectivity index (χ2v) is 7.24. The Labute approximate surface area is 164 Å². The van der Waals surface area contributed by atoms with Crippen LogP contribution in [0.4, 0.5) is 5.69 Å². The van der Waals surface area contributed by atoms with Gasteiger partial charge in [0, 0.05) is 17.8 Å². The lowest BCUT2D eigenvalue weighted by atomic mass is 10.1. The number of anilines is 1. The van der Waals surface area contributed by atoms with Gasteiger partial charge in [0.05, 0.1) is 17.8 Å². The van der Waals surface area contributed by atoms with Crippen molar-refractivity contribution in [2.45, 2.75) is 37.8 Å². The fourth-order valence-corrected chi connectivity index (χ4v) is 3.18. The first kappa shape index (κ1) is 19.8. The molecule has 4 atom stereocenters. The van der Waals surface area contributed by atoms with E-state index in [1.807, 2.05) is 56.3 Å². The summed E-state index contributed by atoms with van der Waals surface area (Å²) < 4.78 is 6.02. The number of carbonyl (C=O) groups is 1. The Morgan fingerprint density at radius 3 is 2.85 bits per heavy atom. The zero-order chi connectivity index (χ0) is 19.4. The first-order valence-corrected chi connectivity index (χ1v) is 9.38. The molecule has 1 aliphatic heterocycles. The summed E-state index contributed by atoms with van der Waals surface area (Å²) in [4.78, 5) is 12.5. The van der Waals surface area contributed by atoms with E-state index in [1.54, 1.807) is 6.07 Å². The Morgan fingerprint density at radius 2 is 2.07 bits per heavy atom. The van der Waals surface area contributed by atoms with E-state index in [2.05, 4.69) is 16.0 Å². The van der Waals surface area contributed by atoms with Crippen molar-refractivity contribution in [3.63, 3.8) is 0 Å².